The molecule has 1 amide bonds. The van der Waals surface area contributed by atoms with Crippen molar-refractivity contribution in [3.63, 3.8) is 0 Å². The van der Waals surface area contributed by atoms with E-state index < -0.39 is 0 Å². The number of phenols is 2. The summed E-state index contributed by atoms with van der Waals surface area (Å²) in [6.07, 6.45) is 1.59. The van der Waals surface area contributed by atoms with Crippen LogP contribution in [-0.2, 0) is 4.79 Å². The van der Waals surface area contributed by atoms with E-state index in [9.17, 15) is 15.0 Å². The van der Waals surface area contributed by atoms with E-state index in [1.807, 2.05) is 30.3 Å². The van der Waals surface area contributed by atoms with Crippen LogP contribution in [0, 0.1) is 0 Å². The Kier molecular flexibility index (Phi) is 3.94. The van der Waals surface area contributed by atoms with Crippen molar-refractivity contribution in [3.8, 4) is 11.5 Å². The van der Waals surface area contributed by atoms with Crippen molar-refractivity contribution in [3.05, 3.63) is 59.8 Å². The Morgan fingerprint density at radius 2 is 1.78 bits per heavy atom. The molecule has 0 bridgehead atoms. The van der Waals surface area contributed by atoms with E-state index in [0.29, 0.717) is 15.9 Å². The molecule has 5 nitrogen and oxygen atoms in total. The molecule has 3 rings (SSSR count). The molecule has 1 aliphatic heterocycles. The van der Waals surface area contributed by atoms with E-state index in [-0.39, 0.29) is 17.4 Å². The molecule has 2 N–H and O–H groups in total. The van der Waals surface area contributed by atoms with E-state index in [0.717, 1.165) is 5.69 Å². The number of anilines is 1. The average Bonchev–Trinajstić information content (AvgIpc) is 2.74. The van der Waals surface area contributed by atoms with E-state index in [4.69, 9.17) is 0 Å². The molecule has 1 saturated heterocycles. The van der Waals surface area contributed by atoms with E-state index >= 15 is 0 Å². The number of rotatable bonds is 2. The van der Waals surface area contributed by atoms with Crippen LogP contribution in [0.1, 0.15) is 5.56 Å². The molecule has 6 heteroatoms. The summed E-state index contributed by atoms with van der Waals surface area (Å²) < 4.78 is 0.658. The van der Waals surface area contributed by atoms with E-state index in [2.05, 4.69) is 15.6 Å². The van der Waals surface area contributed by atoms with Crippen molar-refractivity contribution < 1.29 is 15.0 Å². The maximum atomic E-state index is 12.8. The molecule has 0 unspecified atom stereocenters. The van der Waals surface area contributed by atoms with Gasteiger partial charge in [0.1, 0.15) is 0 Å². The Morgan fingerprint density at radius 3 is 2.43 bits per heavy atom. The fraction of sp³-hybridized carbons (Fsp3) is 0.0588. The summed E-state index contributed by atoms with van der Waals surface area (Å²) in [5, 5.41) is 19.3. The fourth-order valence-electron chi connectivity index (χ4n) is 2.36. The number of hydrogen-bond donors (Lipinski definition) is 2. The Bertz CT molecular complexity index is 818. The minimum absolute atomic E-state index is 0.0299. The molecule has 0 atom stereocenters. The second-order valence-corrected chi connectivity index (χ2v) is 5.86. The fourth-order valence-corrected chi connectivity index (χ4v) is 2.96. The predicted octanol–water partition coefficient (Wildman–Crippen LogP) is 1.67. The molecule has 0 aliphatic carbocycles. The summed E-state index contributed by atoms with van der Waals surface area (Å²) in [5.74, 6) is -0.309. The quantitative estimate of drug-likeness (QED) is 0.621. The van der Waals surface area contributed by atoms with Crippen molar-refractivity contribution in [1.82, 2.24) is 4.90 Å². The number of carbonyl (C=O) groups is 1. The summed E-state index contributed by atoms with van der Waals surface area (Å²) in [6, 6.07) is 13.6. The molecular weight excluding hydrogens is 359 g/mol. The van der Waals surface area contributed by atoms with Gasteiger partial charge in [0.25, 0.3) is 0 Å². The third kappa shape index (κ3) is 2.74. The Labute approximate surface area is 141 Å². The number of aromatic hydroxyl groups is 2. The molecule has 1 fully saturated rings. The van der Waals surface area contributed by atoms with Gasteiger partial charge in [-0.15, -0.1) is 0 Å². The van der Waals surface area contributed by atoms with Gasteiger partial charge in [0.05, 0.1) is 0 Å². The zero-order valence-corrected chi connectivity index (χ0v) is 14.0. The summed E-state index contributed by atoms with van der Waals surface area (Å²) in [6.45, 7) is 0. The van der Waals surface area contributed by atoms with Gasteiger partial charge in [0.15, 0.2) is 0 Å². The molecule has 1 heterocycles. The first-order valence-corrected chi connectivity index (χ1v) is 7.75. The summed E-state index contributed by atoms with van der Waals surface area (Å²) in [5.41, 5.74) is 1.64. The van der Waals surface area contributed by atoms with Crippen LogP contribution in [0.3, 0.4) is 0 Å². The van der Waals surface area contributed by atoms with Crippen LogP contribution in [0.2, 0.25) is 0 Å². The van der Waals surface area contributed by atoms with Gasteiger partial charge < -0.3 is 0 Å². The first-order chi connectivity index (χ1) is 11.0. The van der Waals surface area contributed by atoms with Crippen LogP contribution in [0.15, 0.2) is 54.2 Å². The predicted molar refractivity (Wildman–Crippen MR) is 90.2 cm³/mol. The first-order valence-electron chi connectivity index (χ1n) is 6.90. The molecule has 0 spiro atoms. The van der Waals surface area contributed by atoms with Crippen LogP contribution in [0.5, 0.6) is 11.5 Å². The second-order valence-electron chi connectivity index (χ2n) is 5.09. The van der Waals surface area contributed by atoms with Crippen LogP contribution >= 0.6 is 0 Å². The van der Waals surface area contributed by atoms with Gasteiger partial charge in [-0.3, -0.25) is 0 Å². The van der Waals surface area contributed by atoms with Crippen molar-refractivity contribution >= 4 is 37.9 Å². The molecule has 2 aromatic carbocycles. The van der Waals surface area contributed by atoms with Gasteiger partial charge in [-0.1, -0.05) is 0 Å². The number of amides is 1. The van der Waals surface area contributed by atoms with Crippen molar-refractivity contribution in [2.75, 3.05) is 11.9 Å². The normalized spacial score (nSPS) is 16.5. The van der Waals surface area contributed by atoms with Crippen LogP contribution in [0.25, 0.3) is 6.08 Å². The zero-order valence-electron chi connectivity index (χ0n) is 12.3. The standard InChI is InChI=1S/C17H14N2O3Se/c1-18-14(9-11-7-8-13(20)10-15(11)21)16(22)19(17(18)23)12-5-3-2-4-6-12/h2-10,20-21H,1H3/b14-9+. The zero-order chi connectivity index (χ0) is 16.6. The Morgan fingerprint density at radius 1 is 1.09 bits per heavy atom. The third-order valence-electron chi connectivity index (χ3n) is 3.58. The Balaban J connectivity index is 2.02. The van der Waals surface area contributed by atoms with Crippen molar-refractivity contribution in [1.29, 1.82) is 0 Å². The van der Waals surface area contributed by atoms with E-state index in [1.54, 1.807) is 29.0 Å². The van der Waals surface area contributed by atoms with Gasteiger partial charge in [-0.05, 0) is 0 Å². The molecule has 2 aromatic rings. The summed E-state index contributed by atoms with van der Waals surface area (Å²) in [4.78, 5) is 16.1. The number of para-hydroxylation sites is 1. The first kappa shape index (κ1) is 15.3. The molecule has 1 aliphatic rings. The van der Waals surface area contributed by atoms with Crippen molar-refractivity contribution in [2.24, 2.45) is 0 Å². The van der Waals surface area contributed by atoms with E-state index in [1.165, 1.54) is 12.1 Å². The summed E-state index contributed by atoms with van der Waals surface area (Å²) in [7, 11) is 1.77. The number of benzene rings is 2. The van der Waals surface area contributed by atoms with Crippen LogP contribution in [-0.4, -0.2) is 48.3 Å². The SMILES string of the molecule is CN1C(=[Se])N(c2ccccc2)C(=O)/C1=C\c1ccc(O)cc1O. The number of phenolic OH excluding ortho intramolecular Hbond substituents is 2. The third-order valence-corrected chi connectivity index (χ3v) is 4.54. The number of likely N-dealkylation sites (N-methyl/N-ethyl adjacent to an activating group) is 1. The number of hydrogen-bond acceptors (Lipinski definition) is 4. The average molecular weight is 373 g/mol. The van der Waals surface area contributed by atoms with Gasteiger partial charge in [-0.25, -0.2) is 0 Å². The molecule has 23 heavy (non-hydrogen) atoms. The molecule has 0 radical (unpaired) electrons. The van der Waals surface area contributed by atoms with Gasteiger partial charge >= 0.3 is 141 Å². The van der Waals surface area contributed by atoms with Crippen molar-refractivity contribution in [2.45, 2.75) is 0 Å². The van der Waals surface area contributed by atoms with Crippen LogP contribution in [0.4, 0.5) is 5.69 Å². The van der Waals surface area contributed by atoms with Gasteiger partial charge in [0.2, 0.25) is 0 Å². The monoisotopic (exact) mass is 374 g/mol. The number of nitrogens with zero attached hydrogens (tertiary/aromatic N) is 2. The molecule has 0 saturated carbocycles. The second kappa shape index (κ2) is 5.91. The Hall–Kier alpha value is -2.56. The topological polar surface area (TPSA) is 64.0 Å². The molecule has 0 aromatic heterocycles. The number of carbonyl (C=O) groups excluding carboxylic acids is 1. The minimum atomic E-state index is -0.195. The van der Waals surface area contributed by atoms with Gasteiger partial charge in [0, 0.05) is 0 Å². The molecule has 116 valence electrons. The molecular formula is C17H14N2O3Se. The van der Waals surface area contributed by atoms with Gasteiger partial charge in [-0.2, -0.15) is 0 Å². The summed E-state index contributed by atoms with van der Waals surface area (Å²) >= 11 is 2.91. The maximum absolute atomic E-state index is 12.8. The van der Waals surface area contributed by atoms with Crippen LogP contribution < -0.4 is 4.90 Å².